The number of aromatic nitrogens is 3. The summed E-state index contributed by atoms with van der Waals surface area (Å²) in [6, 6.07) is 7.82. The summed E-state index contributed by atoms with van der Waals surface area (Å²) in [5, 5.41) is 15.8. The quantitative estimate of drug-likeness (QED) is 0.741. The molecule has 0 bridgehead atoms. The molecule has 3 heterocycles. The fourth-order valence-electron chi connectivity index (χ4n) is 3.51. The van der Waals surface area contributed by atoms with Crippen molar-refractivity contribution in [2.75, 3.05) is 13.1 Å². The third kappa shape index (κ3) is 3.03. The second-order valence-corrected chi connectivity index (χ2v) is 8.20. The molecule has 0 spiro atoms. The number of benzene rings is 1. The van der Waals surface area contributed by atoms with E-state index in [9.17, 15) is 5.11 Å². The normalized spacial score (nSPS) is 18.0. The van der Waals surface area contributed by atoms with Crippen molar-refractivity contribution in [3.8, 4) is 5.88 Å². The molecule has 0 amide bonds. The zero-order valence-corrected chi connectivity index (χ0v) is 15.9. The maximum Gasteiger partial charge on any atom is 0.230 e. The summed E-state index contributed by atoms with van der Waals surface area (Å²) in [6.45, 7) is 6.11. The van der Waals surface area contributed by atoms with Gasteiger partial charge in [0.05, 0.1) is 10.9 Å². The number of aromatic hydroxyl groups is 1. The highest BCUT2D eigenvalue weighted by atomic mass is 35.5. The number of rotatable bonds is 3. The number of fused-ring (bicyclic) bond motifs is 1. The lowest BCUT2D eigenvalue weighted by atomic mass is 9.95. The third-order valence-corrected chi connectivity index (χ3v) is 6.35. The van der Waals surface area contributed by atoms with E-state index in [0.717, 1.165) is 47.3 Å². The first kappa shape index (κ1) is 16.8. The Morgan fingerprint density at radius 2 is 2.00 bits per heavy atom. The van der Waals surface area contributed by atoms with Crippen molar-refractivity contribution in [3.63, 3.8) is 0 Å². The summed E-state index contributed by atoms with van der Waals surface area (Å²) in [5.74, 6) is 1.57. The summed E-state index contributed by atoms with van der Waals surface area (Å²) < 4.78 is 1.53. The van der Waals surface area contributed by atoms with Gasteiger partial charge in [-0.2, -0.15) is 4.52 Å². The van der Waals surface area contributed by atoms with Crippen LogP contribution in [0.3, 0.4) is 0 Å². The molecule has 1 aliphatic heterocycles. The van der Waals surface area contributed by atoms with Crippen LogP contribution in [0.4, 0.5) is 0 Å². The first-order valence-corrected chi connectivity index (χ1v) is 9.77. The Hall–Kier alpha value is -1.63. The molecule has 0 aliphatic carbocycles. The molecule has 5 nitrogen and oxygen atoms in total. The van der Waals surface area contributed by atoms with Gasteiger partial charge in [-0.3, -0.25) is 4.90 Å². The van der Waals surface area contributed by atoms with Crippen molar-refractivity contribution >= 4 is 27.9 Å². The molecule has 25 heavy (non-hydrogen) atoms. The van der Waals surface area contributed by atoms with Crippen molar-refractivity contribution < 1.29 is 5.11 Å². The van der Waals surface area contributed by atoms with Crippen molar-refractivity contribution in [1.29, 1.82) is 0 Å². The largest absolute Gasteiger partial charge is 0.492 e. The minimum Gasteiger partial charge on any atom is -0.492 e. The van der Waals surface area contributed by atoms with E-state index in [1.165, 1.54) is 15.9 Å². The smallest absolute Gasteiger partial charge is 0.230 e. The first-order chi connectivity index (χ1) is 12.0. The van der Waals surface area contributed by atoms with Gasteiger partial charge >= 0.3 is 0 Å². The van der Waals surface area contributed by atoms with Gasteiger partial charge in [0.15, 0.2) is 0 Å². The highest BCUT2D eigenvalue weighted by Gasteiger charge is 2.32. The van der Waals surface area contributed by atoms with Gasteiger partial charge in [-0.1, -0.05) is 48.1 Å². The molecule has 0 saturated carbocycles. The molecule has 1 aliphatic rings. The van der Waals surface area contributed by atoms with Crippen LogP contribution in [0.2, 0.25) is 5.02 Å². The van der Waals surface area contributed by atoms with Crippen molar-refractivity contribution in [3.05, 3.63) is 45.6 Å². The predicted octanol–water partition coefficient (Wildman–Crippen LogP) is 4.28. The Morgan fingerprint density at radius 3 is 2.68 bits per heavy atom. The summed E-state index contributed by atoms with van der Waals surface area (Å²) in [5.41, 5.74) is 1.02. The second kappa shape index (κ2) is 6.59. The number of piperidine rings is 1. The summed E-state index contributed by atoms with van der Waals surface area (Å²) in [4.78, 5) is 8.40. The SMILES string of the molecule is Cc1nc2sc([C@H](c3ccccc3Cl)N3CCC(C)CC3)c(O)n2n1. The molecule has 2 aromatic heterocycles. The van der Waals surface area contributed by atoms with Crippen LogP contribution in [0.15, 0.2) is 24.3 Å². The van der Waals surface area contributed by atoms with Crippen LogP contribution in [0.5, 0.6) is 5.88 Å². The Balaban J connectivity index is 1.83. The van der Waals surface area contributed by atoms with E-state index in [1.54, 1.807) is 0 Å². The second-order valence-electron chi connectivity index (χ2n) is 6.79. The van der Waals surface area contributed by atoms with Gasteiger partial charge in [-0.05, 0) is 50.4 Å². The molecule has 1 N–H and O–H groups in total. The van der Waals surface area contributed by atoms with E-state index in [4.69, 9.17) is 11.6 Å². The van der Waals surface area contributed by atoms with Gasteiger partial charge in [0.2, 0.25) is 10.8 Å². The van der Waals surface area contributed by atoms with Crippen LogP contribution in [-0.4, -0.2) is 37.7 Å². The third-order valence-electron chi connectivity index (χ3n) is 4.94. The standard InChI is InChI=1S/C18H21ClN4OS/c1-11-7-9-22(10-8-11)15(13-5-3-4-6-14(13)19)16-17(24)23-18(25-16)20-12(2)21-23/h3-6,11,15,24H,7-10H2,1-2H3/t15-/m0/s1. The number of hydrogen-bond acceptors (Lipinski definition) is 5. The van der Waals surface area contributed by atoms with Crippen LogP contribution in [0.1, 0.15) is 42.1 Å². The zero-order chi connectivity index (χ0) is 17.6. The zero-order valence-electron chi connectivity index (χ0n) is 14.3. The van der Waals surface area contributed by atoms with Gasteiger partial charge in [-0.25, -0.2) is 4.98 Å². The van der Waals surface area contributed by atoms with Crippen LogP contribution in [-0.2, 0) is 0 Å². The molecule has 4 rings (SSSR count). The lowest BCUT2D eigenvalue weighted by Crippen LogP contribution is -2.36. The highest BCUT2D eigenvalue weighted by molar-refractivity contribution is 7.17. The van der Waals surface area contributed by atoms with Crippen LogP contribution < -0.4 is 0 Å². The topological polar surface area (TPSA) is 53.7 Å². The molecule has 3 aromatic rings. The van der Waals surface area contributed by atoms with Gasteiger partial charge in [-0.15, -0.1) is 5.10 Å². The molecule has 0 unspecified atom stereocenters. The predicted molar refractivity (Wildman–Crippen MR) is 101 cm³/mol. The molecule has 1 fully saturated rings. The van der Waals surface area contributed by atoms with Gasteiger partial charge in [0.25, 0.3) is 0 Å². The minimum atomic E-state index is -0.0741. The number of aryl methyl sites for hydroxylation is 1. The summed E-state index contributed by atoms with van der Waals surface area (Å²) in [6.07, 6.45) is 2.31. The van der Waals surface area contributed by atoms with E-state index >= 15 is 0 Å². The molecular weight excluding hydrogens is 356 g/mol. The monoisotopic (exact) mass is 376 g/mol. The highest BCUT2D eigenvalue weighted by Crippen LogP contribution is 2.43. The Morgan fingerprint density at radius 1 is 1.28 bits per heavy atom. The number of likely N-dealkylation sites (tertiary alicyclic amines) is 1. The molecule has 1 atom stereocenters. The van der Waals surface area contributed by atoms with Crippen LogP contribution in [0.25, 0.3) is 4.96 Å². The van der Waals surface area contributed by atoms with Crippen molar-refractivity contribution in [2.24, 2.45) is 5.92 Å². The average molecular weight is 377 g/mol. The number of thiazole rings is 1. The fraction of sp³-hybridized carbons (Fsp3) is 0.444. The lowest BCUT2D eigenvalue weighted by Gasteiger charge is -2.36. The maximum absolute atomic E-state index is 10.8. The van der Waals surface area contributed by atoms with E-state index < -0.39 is 0 Å². The van der Waals surface area contributed by atoms with Crippen LogP contribution >= 0.6 is 22.9 Å². The lowest BCUT2D eigenvalue weighted by molar-refractivity contribution is 0.157. The molecule has 1 aromatic carbocycles. The van der Waals surface area contributed by atoms with Crippen molar-refractivity contribution in [1.82, 2.24) is 19.5 Å². The molecule has 7 heteroatoms. The fourth-order valence-corrected chi connectivity index (χ4v) is 4.91. The molecule has 132 valence electrons. The van der Waals surface area contributed by atoms with Crippen molar-refractivity contribution in [2.45, 2.75) is 32.7 Å². The molecule has 1 saturated heterocycles. The van der Waals surface area contributed by atoms with E-state index in [-0.39, 0.29) is 11.9 Å². The van der Waals surface area contributed by atoms with E-state index in [2.05, 4.69) is 21.9 Å². The van der Waals surface area contributed by atoms with Gasteiger partial charge in [0.1, 0.15) is 5.82 Å². The molecular formula is C18H21ClN4OS. The van der Waals surface area contributed by atoms with E-state index in [1.807, 2.05) is 31.2 Å². The number of nitrogens with zero attached hydrogens (tertiary/aromatic N) is 4. The average Bonchev–Trinajstić information content (AvgIpc) is 3.09. The maximum atomic E-state index is 10.8. The first-order valence-electron chi connectivity index (χ1n) is 8.58. The summed E-state index contributed by atoms with van der Waals surface area (Å²) >= 11 is 8.02. The minimum absolute atomic E-state index is 0.0741. The van der Waals surface area contributed by atoms with Crippen LogP contribution in [0, 0.1) is 12.8 Å². The molecule has 0 radical (unpaired) electrons. The number of halogens is 1. The number of hydrogen-bond donors (Lipinski definition) is 1. The summed E-state index contributed by atoms with van der Waals surface area (Å²) in [7, 11) is 0. The Labute approximate surface area is 155 Å². The Kier molecular flexibility index (Phi) is 4.43. The van der Waals surface area contributed by atoms with Gasteiger partial charge in [0, 0.05) is 5.02 Å². The van der Waals surface area contributed by atoms with E-state index in [0.29, 0.717) is 10.8 Å². The van der Waals surface area contributed by atoms with Gasteiger partial charge < -0.3 is 5.11 Å². The Bertz CT molecular complexity index is 898.